The van der Waals surface area contributed by atoms with Crippen molar-refractivity contribution < 1.29 is 8.42 Å². The molecule has 3 nitrogen and oxygen atoms in total. The number of hydrogen-bond acceptors (Lipinski definition) is 3. The fourth-order valence-electron chi connectivity index (χ4n) is 0.956. The highest BCUT2D eigenvalue weighted by Crippen LogP contribution is 2.34. The molecule has 1 aromatic rings. The maximum Gasteiger partial charge on any atom is 0.250 e. The molecule has 16 heavy (non-hydrogen) atoms. The molecule has 8 heteroatoms. The first-order valence-electron chi connectivity index (χ1n) is 4.48. The van der Waals surface area contributed by atoms with E-state index in [1.54, 1.807) is 0 Å². The molecule has 0 radical (unpaired) electrons. The second-order valence-electron chi connectivity index (χ2n) is 2.98. The maximum absolute atomic E-state index is 11.7. The number of rotatable bonds is 6. The van der Waals surface area contributed by atoms with Crippen LogP contribution in [-0.2, 0) is 10.0 Å². The van der Waals surface area contributed by atoms with E-state index in [1.165, 1.54) is 6.07 Å². The third-order valence-electron chi connectivity index (χ3n) is 1.74. The number of unbranched alkanes of at least 4 members (excludes halogenated alkanes) is 1. The fourth-order valence-corrected chi connectivity index (χ4v) is 4.66. The third kappa shape index (κ3) is 4.16. The van der Waals surface area contributed by atoms with Crippen LogP contribution in [0.4, 0.5) is 0 Å². The van der Waals surface area contributed by atoms with Crippen LogP contribution in [0.25, 0.3) is 0 Å². The van der Waals surface area contributed by atoms with Gasteiger partial charge in [0.2, 0.25) is 10.0 Å². The van der Waals surface area contributed by atoms with Gasteiger partial charge < -0.3 is 0 Å². The van der Waals surface area contributed by atoms with Crippen LogP contribution in [0.1, 0.15) is 12.8 Å². The summed E-state index contributed by atoms with van der Waals surface area (Å²) in [6, 6.07) is 1.43. The van der Waals surface area contributed by atoms with Gasteiger partial charge in [0.05, 0.1) is 8.81 Å². The molecule has 0 aliphatic heterocycles. The third-order valence-corrected chi connectivity index (χ3v) is 6.42. The summed E-state index contributed by atoms with van der Waals surface area (Å²) in [6.45, 7) is 0.391. The Labute approximate surface area is 117 Å². The molecule has 1 aromatic heterocycles. The van der Waals surface area contributed by atoms with E-state index in [9.17, 15) is 8.42 Å². The summed E-state index contributed by atoms with van der Waals surface area (Å²) in [4.78, 5) is 0. The summed E-state index contributed by atoms with van der Waals surface area (Å²) >= 11 is 15.5. The summed E-state index contributed by atoms with van der Waals surface area (Å²) in [7, 11) is -3.43. The summed E-state index contributed by atoms with van der Waals surface area (Å²) < 4.78 is 26.8. The van der Waals surface area contributed by atoms with E-state index >= 15 is 0 Å². The van der Waals surface area contributed by atoms with E-state index in [0.717, 1.165) is 24.2 Å². The molecule has 0 fully saturated rings. The minimum atomic E-state index is -3.43. The van der Waals surface area contributed by atoms with Crippen molar-refractivity contribution in [3.05, 3.63) is 14.9 Å². The Hall–Kier alpha value is 0.670. The zero-order valence-corrected chi connectivity index (χ0v) is 12.9. The number of halogens is 3. The summed E-state index contributed by atoms with van der Waals surface area (Å²) in [5, 5.41) is 0.408. The first-order chi connectivity index (χ1) is 7.47. The van der Waals surface area contributed by atoms with Gasteiger partial charge in [-0.15, -0.1) is 22.9 Å². The van der Waals surface area contributed by atoms with Crippen LogP contribution in [0.2, 0.25) is 5.02 Å². The predicted molar refractivity (Wildman–Crippen MR) is 72.2 cm³/mol. The molecule has 0 bridgehead atoms. The van der Waals surface area contributed by atoms with Crippen LogP contribution in [-0.4, -0.2) is 20.8 Å². The Morgan fingerprint density at radius 1 is 1.44 bits per heavy atom. The Balaban J connectivity index is 2.64. The van der Waals surface area contributed by atoms with Crippen LogP contribution in [0.15, 0.2) is 14.1 Å². The zero-order chi connectivity index (χ0) is 12.2. The Morgan fingerprint density at radius 2 is 2.12 bits per heavy atom. The van der Waals surface area contributed by atoms with Crippen LogP contribution in [0.5, 0.6) is 0 Å². The van der Waals surface area contributed by atoms with Gasteiger partial charge in [0, 0.05) is 12.4 Å². The first kappa shape index (κ1) is 14.7. The molecule has 0 saturated heterocycles. The van der Waals surface area contributed by atoms with Gasteiger partial charge in [-0.3, -0.25) is 0 Å². The molecular weight excluding hydrogens is 357 g/mol. The highest BCUT2D eigenvalue weighted by molar-refractivity contribution is 9.11. The van der Waals surface area contributed by atoms with Crippen molar-refractivity contribution in [3.63, 3.8) is 0 Å². The molecule has 0 saturated carbocycles. The minimum absolute atomic E-state index is 0.218. The van der Waals surface area contributed by atoms with Crippen LogP contribution in [0.3, 0.4) is 0 Å². The minimum Gasteiger partial charge on any atom is -0.210 e. The van der Waals surface area contributed by atoms with Crippen molar-refractivity contribution in [2.45, 2.75) is 17.1 Å². The SMILES string of the molecule is O=S(=O)(NCCCCCl)c1cc(Cl)c(Br)s1. The summed E-state index contributed by atoms with van der Waals surface area (Å²) in [5.74, 6) is 0.540. The highest BCUT2D eigenvalue weighted by Gasteiger charge is 2.18. The molecule has 0 spiro atoms. The second-order valence-corrected chi connectivity index (χ2v) is 8.13. The van der Waals surface area contributed by atoms with Crippen LogP contribution < -0.4 is 4.72 Å². The van der Waals surface area contributed by atoms with Crippen molar-refractivity contribution >= 4 is 60.5 Å². The van der Waals surface area contributed by atoms with Gasteiger partial charge in [0.25, 0.3) is 0 Å². The lowest BCUT2D eigenvalue weighted by Gasteiger charge is -2.03. The molecule has 0 amide bonds. The van der Waals surface area contributed by atoms with E-state index in [0.29, 0.717) is 21.2 Å². The lowest BCUT2D eigenvalue weighted by molar-refractivity contribution is 0.580. The standard InChI is InChI=1S/C8H10BrCl2NO2S2/c9-8-6(11)5-7(15-8)16(13,14)12-4-2-1-3-10/h5,12H,1-4H2. The second kappa shape index (κ2) is 6.56. The topological polar surface area (TPSA) is 46.2 Å². The van der Waals surface area contributed by atoms with Gasteiger partial charge in [-0.05, 0) is 34.8 Å². The molecule has 0 atom stereocenters. The quantitative estimate of drug-likeness (QED) is 0.619. The van der Waals surface area contributed by atoms with Crippen molar-refractivity contribution in [1.82, 2.24) is 4.72 Å². The van der Waals surface area contributed by atoms with E-state index in [4.69, 9.17) is 23.2 Å². The van der Waals surface area contributed by atoms with E-state index in [2.05, 4.69) is 20.7 Å². The monoisotopic (exact) mass is 365 g/mol. The lowest BCUT2D eigenvalue weighted by atomic mass is 10.3. The molecule has 0 unspecified atom stereocenters. The Morgan fingerprint density at radius 3 is 2.62 bits per heavy atom. The van der Waals surface area contributed by atoms with Gasteiger partial charge in [-0.25, -0.2) is 13.1 Å². The first-order valence-corrected chi connectivity index (χ1v) is 8.48. The average molecular weight is 367 g/mol. The predicted octanol–water partition coefficient (Wildman–Crippen LogP) is 3.46. The van der Waals surface area contributed by atoms with Crippen LogP contribution in [0, 0.1) is 0 Å². The van der Waals surface area contributed by atoms with Gasteiger partial charge in [0.15, 0.2) is 0 Å². The summed E-state index contributed by atoms with van der Waals surface area (Å²) in [5.41, 5.74) is 0. The number of sulfonamides is 1. The molecule has 0 aliphatic carbocycles. The van der Waals surface area contributed by atoms with Crippen molar-refractivity contribution in [2.24, 2.45) is 0 Å². The van der Waals surface area contributed by atoms with Gasteiger partial charge in [-0.2, -0.15) is 0 Å². The molecule has 0 aliphatic rings. The maximum atomic E-state index is 11.7. The van der Waals surface area contributed by atoms with Crippen molar-refractivity contribution in [3.8, 4) is 0 Å². The van der Waals surface area contributed by atoms with E-state index in [-0.39, 0.29) is 4.21 Å². The van der Waals surface area contributed by atoms with Crippen molar-refractivity contribution in [2.75, 3.05) is 12.4 Å². The average Bonchev–Trinajstić information content (AvgIpc) is 2.55. The van der Waals surface area contributed by atoms with Gasteiger partial charge in [-0.1, -0.05) is 11.6 Å². The van der Waals surface area contributed by atoms with E-state index < -0.39 is 10.0 Å². The lowest BCUT2D eigenvalue weighted by Crippen LogP contribution is -2.24. The Bertz CT molecular complexity index is 427. The zero-order valence-electron chi connectivity index (χ0n) is 8.17. The van der Waals surface area contributed by atoms with Gasteiger partial charge in [0.1, 0.15) is 4.21 Å². The van der Waals surface area contributed by atoms with Gasteiger partial charge >= 0.3 is 0 Å². The fraction of sp³-hybridized carbons (Fsp3) is 0.500. The number of thiophene rings is 1. The molecule has 0 aromatic carbocycles. The van der Waals surface area contributed by atoms with E-state index in [1.807, 2.05) is 0 Å². The number of hydrogen-bond donors (Lipinski definition) is 1. The molecule has 92 valence electrons. The normalized spacial score (nSPS) is 11.9. The smallest absolute Gasteiger partial charge is 0.210 e. The molecular formula is C8H10BrCl2NO2S2. The molecule has 1 rings (SSSR count). The molecule has 1 N–H and O–H groups in total. The summed E-state index contributed by atoms with van der Waals surface area (Å²) in [6.07, 6.45) is 1.52. The van der Waals surface area contributed by atoms with Crippen LogP contribution >= 0.6 is 50.5 Å². The Kier molecular flexibility index (Phi) is 6.04. The number of alkyl halides is 1. The van der Waals surface area contributed by atoms with Crippen molar-refractivity contribution in [1.29, 1.82) is 0 Å². The largest absolute Gasteiger partial charge is 0.250 e. The highest BCUT2D eigenvalue weighted by atomic mass is 79.9. The molecule has 1 heterocycles. The number of nitrogens with one attached hydrogen (secondary N) is 1.